The van der Waals surface area contributed by atoms with E-state index in [1.807, 2.05) is 18.2 Å². The third kappa shape index (κ3) is 2.74. The van der Waals surface area contributed by atoms with Crippen LogP contribution < -0.4 is 10.5 Å². The second-order valence-corrected chi connectivity index (χ2v) is 4.21. The molecule has 0 aliphatic rings. The third-order valence-electron chi connectivity index (χ3n) is 2.00. The van der Waals surface area contributed by atoms with E-state index in [1.165, 1.54) is 12.3 Å². The molecular formula is C12H8BrN3O. The van der Waals surface area contributed by atoms with E-state index in [9.17, 15) is 0 Å². The Bertz CT molecular complexity index is 593. The summed E-state index contributed by atoms with van der Waals surface area (Å²) >= 11 is 3.34. The zero-order valence-corrected chi connectivity index (χ0v) is 10.3. The maximum atomic E-state index is 8.94. The average molecular weight is 290 g/mol. The van der Waals surface area contributed by atoms with Gasteiger partial charge in [-0.15, -0.1) is 0 Å². The van der Waals surface area contributed by atoms with E-state index in [2.05, 4.69) is 20.9 Å². The minimum absolute atomic E-state index is 0.250. The largest absolute Gasteiger partial charge is 0.438 e. The van der Waals surface area contributed by atoms with Gasteiger partial charge in [0.1, 0.15) is 17.4 Å². The minimum Gasteiger partial charge on any atom is -0.438 e. The van der Waals surface area contributed by atoms with Crippen LogP contribution in [0, 0.1) is 11.3 Å². The van der Waals surface area contributed by atoms with Crippen molar-refractivity contribution in [3.05, 3.63) is 46.6 Å². The maximum Gasteiger partial charge on any atom is 0.237 e. The molecule has 1 heterocycles. The Morgan fingerprint density at radius 1 is 1.35 bits per heavy atom. The van der Waals surface area contributed by atoms with Crippen LogP contribution in [0.25, 0.3) is 0 Å². The zero-order chi connectivity index (χ0) is 12.3. The Kier molecular flexibility index (Phi) is 3.26. The number of halogens is 1. The molecule has 1 aromatic heterocycles. The fraction of sp³-hybridized carbons (Fsp3) is 0. The molecule has 1 aromatic carbocycles. The van der Waals surface area contributed by atoms with Crippen LogP contribution in [0.3, 0.4) is 0 Å². The van der Waals surface area contributed by atoms with Crippen molar-refractivity contribution in [1.29, 1.82) is 5.26 Å². The lowest BCUT2D eigenvalue weighted by Gasteiger charge is -2.06. The predicted octanol–water partition coefficient (Wildman–Crippen LogP) is 3.09. The highest BCUT2D eigenvalue weighted by Gasteiger charge is 2.07. The number of nitrogens with two attached hydrogens (primary N) is 1. The number of benzene rings is 1. The van der Waals surface area contributed by atoms with Gasteiger partial charge in [-0.25, -0.2) is 4.98 Å². The molecule has 0 amide bonds. The molecule has 17 heavy (non-hydrogen) atoms. The van der Waals surface area contributed by atoms with Crippen molar-refractivity contribution in [2.75, 3.05) is 5.73 Å². The molecule has 5 heteroatoms. The smallest absolute Gasteiger partial charge is 0.237 e. The van der Waals surface area contributed by atoms with Gasteiger partial charge in [-0.05, 0) is 24.3 Å². The number of pyridine rings is 1. The molecule has 2 rings (SSSR count). The van der Waals surface area contributed by atoms with E-state index in [4.69, 9.17) is 15.7 Å². The van der Waals surface area contributed by atoms with Gasteiger partial charge in [0, 0.05) is 4.47 Å². The summed E-state index contributed by atoms with van der Waals surface area (Å²) in [6.45, 7) is 0. The van der Waals surface area contributed by atoms with E-state index in [0.29, 0.717) is 17.0 Å². The van der Waals surface area contributed by atoms with Crippen molar-refractivity contribution in [3.8, 4) is 17.7 Å². The first kappa shape index (κ1) is 11.4. The van der Waals surface area contributed by atoms with Crippen molar-refractivity contribution in [3.63, 3.8) is 0 Å². The first-order valence-electron chi connectivity index (χ1n) is 4.78. The average Bonchev–Trinajstić information content (AvgIpc) is 2.31. The number of hydrogen-bond donors (Lipinski definition) is 1. The molecular weight excluding hydrogens is 282 g/mol. The van der Waals surface area contributed by atoms with Gasteiger partial charge in [-0.1, -0.05) is 22.0 Å². The first-order chi connectivity index (χ1) is 8.19. The van der Waals surface area contributed by atoms with Crippen LogP contribution in [0.2, 0.25) is 0 Å². The standard InChI is InChI=1S/C12H8BrN3O/c13-9-2-1-3-11(5-9)17-12-8(6-14)4-10(15)7-16-12/h1-5,7H,15H2. The molecule has 84 valence electrons. The molecule has 2 aromatic rings. The van der Waals surface area contributed by atoms with Gasteiger partial charge in [-0.3, -0.25) is 0 Å². The van der Waals surface area contributed by atoms with Crippen LogP contribution in [-0.2, 0) is 0 Å². The fourth-order valence-electron chi connectivity index (χ4n) is 1.27. The van der Waals surface area contributed by atoms with E-state index < -0.39 is 0 Å². The van der Waals surface area contributed by atoms with E-state index in [-0.39, 0.29) is 5.88 Å². The molecule has 0 aliphatic heterocycles. The number of hydrogen-bond acceptors (Lipinski definition) is 4. The van der Waals surface area contributed by atoms with Crippen molar-refractivity contribution < 1.29 is 4.74 Å². The monoisotopic (exact) mass is 289 g/mol. The normalized spacial score (nSPS) is 9.65. The lowest BCUT2D eigenvalue weighted by molar-refractivity contribution is 0.461. The van der Waals surface area contributed by atoms with Crippen molar-refractivity contribution in [1.82, 2.24) is 4.98 Å². The molecule has 4 nitrogen and oxygen atoms in total. The summed E-state index contributed by atoms with van der Waals surface area (Å²) in [5.41, 5.74) is 6.29. The molecule has 0 aliphatic carbocycles. The van der Waals surface area contributed by atoms with E-state index in [1.54, 1.807) is 12.1 Å². The third-order valence-corrected chi connectivity index (χ3v) is 2.50. The number of nitrogen functional groups attached to an aromatic ring is 1. The molecule has 2 N–H and O–H groups in total. The van der Waals surface area contributed by atoms with Crippen LogP contribution >= 0.6 is 15.9 Å². The maximum absolute atomic E-state index is 8.94. The summed E-state index contributed by atoms with van der Waals surface area (Å²) < 4.78 is 6.41. The fourth-order valence-corrected chi connectivity index (χ4v) is 1.65. The Labute approximate surface area is 107 Å². The molecule has 0 radical (unpaired) electrons. The molecule has 0 fully saturated rings. The van der Waals surface area contributed by atoms with Crippen LogP contribution in [0.5, 0.6) is 11.6 Å². The van der Waals surface area contributed by atoms with Gasteiger partial charge in [0.15, 0.2) is 0 Å². The Hall–Kier alpha value is -2.06. The molecule has 0 unspecified atom stereocenters. The Morgan fingerprint density at radius 3 is 2.88 bits per heavy atom. The number of ether oxygens (including phenoxy) is 1. The lowest BCUT2D eigenvalue weighted by atomic mass is 10.3. The zero-order valence-electron chi connectivity index (χ0n) is 8.72. The molecule has 0 saturated heterocycles. The molecule has 0 saturated carbocycles. The van der Waals surface area contributed by atoms with Gasteiger partial charge in [0.05, 0.1) is 11.9 Å². The second kappa shape index (κ2) is 4.85. The number of anilines is 1. The van der Waals surface area contributed by atoms with Crippen LogP contribution in [-0.4, -0.2) is 4.98 Å². The van der Waals surface area contributed by atoms with E-state index >= 15 is 0 Å². The predicted molar refractivity (Wildman–Crippen MR) is 67.6 cm³/mol. The highest BCUT2D eigenvalue weighted by molar-refractivity contribution is 9.10. The summed E-state index contributed by atoms with van der Waals surface area (Å²) in [4.78, 5) is 3.99. The first-order valence-corrected chi connectivity index (χ1v) is 5.57. The number of nitriles is 1. The summed E-state index contributed by atoms with van der Waals surface area (Å²) in [5.74, 6) is 0.855. The van der Waals surface area contributed by atoms with Crippen molar-refractivity contribution >= 4 is 21.6 Å². The van der Waals surface area contributed by atoms with Crippen LogP contribution in [0.15, 0.2) is 41.0 Å². The highest BCUT2D eigenvalue weighted by atomic mass is 79.9. The number of aromatic nitrogens is 1. The highest BCUT2D eigenvalue weighted by Crippen LogP contribution is 2.25. The van der Waals surface area contributed by atoms with Crippen molar-refractivity contribution in [2.24, 2.45) is 0 Å². The Morgan fingerprint density at radius 2 is 2.18 bits per heavy atom. The lowest BCUT2D eigenvalue weighted by Crippen LogP contribution is -1.94. The SMILES string of the molecule is N#Cc1cc(N)cnc1Oc1cccc(Br)c1. The second-order valence-electron chi connectivity index (χ2n) is 3.29. The van der Waals surface area contributed by atoms with Gasteiger partial charge in [0.25, 0.3) is 0 Å². The van der Waals surface area contributed by atoms with Crippen LogP contribution in [0.4, 0.5) is 5.69 Å². The minimum atomic E-state index is 0.250. The molecule has 0 atom stereocenters. The molecule has 0 bridgehead atoms. The summed E-state index contributed by atoms with van der Waals surface area (Å²) in [5, 5.41) is 8.94. The van der Waals surface area contributed by atoms with Crippen LogP contribution in [0.1, 0.15) is 5.56 Å². The number of rotatable bonds is 2. The van der Waals surface area contributed by atoms with E-state index in [0.717, 1.165) is 4.47 Å². The van der Waals surface area contributed by atoms with Gasteiger partial charge < -0.3 is 10.5 Å². The quantitative estimate of drug-likeness (QED) is 0.922. The summed E-state index contributed by atoms with van der Waals surface area (Å²) in [7, 11) is 0. The van der Waals surface area contributed by atoms with Gasteiger partial charge >= 0.3 is 0 Å². The number of nitrogens with zero attached hydrogens (tertiary/aromatic N) is 2. The van der Waals surface area contributed by atoms with Gasteiger partial charge in [0.2, 0.25) is 5.88 Å². The summed E-state index contributed by atoms with van der Waals surface area (Å²) in [6.07, 6.45) is 1.45. The van der Waals surface area contributed by atoms with Gasteiger partial charge in [-0.2, -0.15) is 5.26 Å². The summed E-state index contributed by atoms with van der Waals surface area (Å²) in [6, 6.07) is 10.8. The molecule has 0 spiro atoms. The van der Waals surface area contributed by atoms with Crippen molar-refractivity contribution in [2.45, 2.75) is 0 Å². The Balaban J connectivity index is 2.34. The topological polar surface area (TPSA) is 71.9 Å².